The van der Waals surface area contributed by atoms with Crippen LogP contribution in [0.15, 0.2) is 42.5 Å². The Morgan fingerprint density at radius 1 is 1.14 bits per heavy atom. The number of hydrogen-bond acceptors (Lipinski definition) is 7. The Balaban J connectivity index is 1.84. The van der Waals surface area contributed by atoms with Gasteiger partial charge in [-0.2, -0.15) is 0 Å². The lowest BCUT2D eigenvalue weighted by Gasteiger charge is -2.33. The zero-order valence-electron chi connectivity index (χ0n) is 19.9. The van der Waals surface area contributed by atoms with Gasteiger partial charge in [-0.1, -0.05) is 29.8 Å². The molecule has 2 aromatic carbocycles. The predicted octanol–water partition coefficient (Wildman–Crippen LogP) is 5.04. The summed E-state index contributed by atoms with van der Waals surface area (Å²) in [5.41, 5.74) is 1.17. The standard InChI is InChI=1S/C25H26FN5O4S/c1-15-8-11-20(14-21(15)26)30(25(33)23-16(2)28-29-36-23)22(17-9-12-19(13-10-17)31(34)35)24(32)27-18-6-4-3-5-7-18/h8-14,18,22H,3-7H2,1-2H3,(H,27,32). The van der Waals surface area contributed by atoms with E-state index in [2.05, 4.69) is 14.9 Å². The molecule has 0 spiro atoms. The Morgan fingerprint density at radius 2 is 1.83 bits per heavy atom. The van der Waals surface area contributed by atoms with E-state index in [1.807, 2.05) is 0 Å². The lowest BCUT2D eigenvalue weighted by molar-refractivity contribution is -0.384. The lowest BCUT2D eigenvalue weighted by atomic mass is 9.94. The molecule has 0 radical (unpaired) electrons. The highest BCUT2D eigenvalue weighted by atomic mass is 32.1. The van der Waals surface area contributed by atoms with Crippen LogP contribution < -0.4 is 10.2 Å². The summed E-state index contributed by atoms with van der Waals surface area (Å²) in [5.74, 6) is -1.53. The van der Waals surface area contributed by atoms with Gasteiger partial charge in [-0.15, -0.1) is 5.10 Å². The first-order chi connectivity index (χ1) is 17.3. The monoisotopic (exact) mass is 511 g/mol. The van der Waals surface area contributed by atoms with E-state index in [9.17, 15) is 24.1 Å². The Bertz CT molecular complexity index is 1270. The third-order valence-corrected chi connectivity index (χ3v) is 7.19. The minimum Gasteiger partial charge on any atom is -0.351 e. The molecule has 1 N–H and O–H groups in total. The second kappa shape index (κ2) is 10.9. The van der Waals surface area contributed by atoms with Crippen LogP contribution in [0.4, 0.5) is 15.8 Å². The van der Waals surface area contributed by atoms with E-state index in [4.69, 9.17) is 0 Å². The lowest BCUT2D eigenvalue weighted by Crippen LogP contribution is -2.47. The molecule has 2 amide bonds. The fourth-order valence-corrected chi connectivity index (χ4v) is 4.97. The van der Waals surface area contributed by atoms with Gasteiger partial charge in [-0.3, -0.25) is 24.6 Å². The van der Waals surface area contributed by atoms with Crippen molar-refractivity contribution in [2.24, 2.45) is 0 Å². The quantitative estimate of drug-likeness (QED) is 0.351. The van der Waals surface area contributed by atoms with Crippen LogP contribution in [0.25, 0.3) is 0 Å². The highest BCUT2D eigenvalue weighted by molar-refractivity contribution is 7.08. The fourth-order valence-electron chi connectivity index (χ4n) is 4.38. The number of nitrogens with zero attached hydrogens (tertiary/aromatic N) is 4. The number of anilines is 1. The minimum atomic E-state index is -1.20. The van der Waals surface area contributed by atoms with Gasteiger partial charge in [0, 0.05) is 23.9 Å². The molecule has 11 heteroatoms. The molecular formula is C25H26FN5O4S. The van der Waals surface area contributed by atoms with Crippen molar-refractivity contribution in [3.05, 3.63) is 80.1 Å². The number of hydrogen-bond donors (Lipinski definition) is 1. The van der Waals surface area contributed by atoms with E-state index >= 15 is 0 Å². The third-order valence-electron chi connectivity index (χ3n) is 6.38. The van der Waals surface area contributed by atoms with E-state index in [-0.39, 0.29) is 22.3 Å². The van der Waals surface area contributed by atoms with E-state index < -0.39 is 28.6 Å². The molecule has 1 heterocycles. The van der Waals surface area contributed by atoms with E-state index in [0.717, 1.165) is 43.6 Å². The summed E-state index contributed by atoms with van der Waals surface area (Å²) in [6, 6.07) is 8.54. The summed E-state index contributed by atoms with van der Waals surface area (Å²) >= 11 is 0.887. The number of aryl methyl sites for hydroxylation is 2. The molecule has 1 aliphatic rings. The van der Waals surface area contributed by atoms with Gasteiger partial charge < -0.3 is 5.32 Å². The van der Waals surface area contributed by atoms with Crippen molar-refractivity contribution in [2.45, 2.75) is 58.0 Å². The van der Waals surface area contributed by atoms with Crippen molar-refractivity contribution in [3.63, 3.8) is 0 Å². The van der Waals surface area contributed by atoms with Crippen LogP contribution in [-0.2, 0) is 4.79 Å². The van der Waals surface area contributed by atoms with Crippen molar-refractivity contribution >= 4 is 34.7 Å². The Labute approximate surface area is 211 Å². The van der Waals surface area contributed by atoms with E-state index in [0.29, 0.717) is 16.8 Å². The summed E-state index contributed by atoms with van der Waals surface area (Å²) in [6.07, 6.45) is 4.73. The highest BCUT2D eigenvalue weighted by Gasteiger charge is 2.36. The summed E-state index contributed by atoms with van der Waals surface area (Å²) in [5, 5.41) is 18.2. The van der Waals surface area contributed by atoms with Crippen LogP contribution >= 0.6 is 11.5 Å². The van der Waals surface area contributed by atoms with Gasteiger partial charge >= 0.3 is 0 Å². The van der Waals surface area contributed by atoms with Gasteiger partial charge in [-0.05, 0) is 73.6 Å². The maximum atomic E-state index is 14.7. The van der Waals surface area contributed by atoms with E-state index in [1.165, 1.54) is 41.3 Å². The number of non-ortho nitro benzene ring substituents is 1. The molecule has 1 aromatic heterocycles. The number of nitro benzene ring substituents is 1. The third kappa shape index (κ3) is 5.40. The van der Waals surface area contributed by atoms with Crippen LogP contribution in [0.3, 0.4) is 0 Å². The van der Waals surface area contributed by atoms with Crippen molar-refractivity contribution in [1.29, 1.82) is 0 Å². The Hall–Kier alpha value is -3.73. The summed E-state index contributed by atoms with van der Waals surface area (Å²) in [4.78, 5) is 39.8. The smallest absolute Gasteiger partial charge is 0.272 e. The molecule has 0 bridgehead atoms. The van der Waals surface area contributed by atoms with Crippen molar-refractivity contribution < 1.29 is 18.9 Å². The van der Waals surface area contributed by atoms with Crippen LogP contribution in [-0.4, -0.2) is 32.4 Å². The SMILES string of the molecule is Cc1ccc(N(C(=O)c2snnc2C)C(C(=O)NC2CCCCC2)c2ccc([N+](=O)[O-])cc2)cc1F. The summed E-state index contributed by atoms with van der Waals surface area (Å²) in [6.45, 7) is 3.24. The van der Waals surface area contributed by atoms with Crippen molar-refractivity contribution in [3.8, 4) is 0 Å². The topological polar surface area (TPSA) is 118 Å². The molecule has 1 unspecified atom stereocenters. The number of halogens is 1. The molecule has 0 saturated heterocycles. The number of nitro groups is 1. The zero-order chi connectivity index (χ0) is 25.8. The number of aromatic nitrogens is 2. The minimum absolute atomic E-state index is 0.0506. The average molecular weight is 512 g/mol. The van der Waals surface area contributed by atoms with Crippen LogP contribution in [0, 0.1) is 29.8 Å². The number of nitrogens with one attached hydrogen (secondary N) is 1. The first kappa shape index (κ1) is 25.4. The fraction of sp³-hybridized carbons (Fsp3) is 0.360. The molecule has 1 saturated carbocycles. The Morgan fingerprint density at radius 3 is 2.42 bits per heavy atom. The predicted molar refractivity (Wildman–Crippen MR) is 133 cm³/mol. The zero-order valence-corrected chi connectivity index (χ0v) is 20.8. The molecule has 3 aromatic rings. The van der Waals surface area contributed by atoms with E-state index in [1.54, 1.807) is 19.9 Å². The van der Waals surface area contributed by atoms with Crippen LogP contribution in [0.1, 0.15) is 64.6 Å². The summed E-state index contributed by atoms with van der Waals surface area (Å²) in [7, 11) is 0. The molecule has 4 rings (SSSR count). The molecule has 0 aliphatic heterocycles. The number of rotatable bonds is 7. The molecule has 9 nitrogen and oxygen atoms in total. The average Bonchev–Trinajstić information content (AvgIpc) is 3.30. The molecule has 1 fully saturated rings. The van der Waals surface area contributed by atoms with Crippen LogP contribution in [0.2, 0.25) is 0 Å². The molecule has 1 atom stereocenters. The second-order valence-electron chi connectivity index (χ2n) is 8.89. The maximum absolute atomic E-state index is 14.7. The van der Waals surface area contributed by atoms with Gasteiger partial charge in [0.25, 0.3) is 11.6 Å². The normalized spacial score (nSPS) is 14.8. The van der Waals surface area contributed by atoms with Crippen molar-refractivity contribution in [1.82, 2.24) is 14.9 Å². The van der Waals surface area contributed by atoms with Gasteiger partial charge in [0.15, 0.2) is 0 Å². The first-order valence-corrected chi connectivity index (χ1v) is 12.5. The second-order valence-corrected chi connectivity index (χ2v) is 9.64. The van der Waals surface area contributed by atoms with Crippen LogP contribution in [0.5, 0.6) is 0 Å². The number of benzene rings is 2. The number of amides is 2. The van der Waals surface area contributed by atoms with Gasteiger partial charge in [0.2, 0.25) is 5.91 Å². The first-order valence-electron chi connectivity index (χ1n) is 11.7. The molecule has 188 valence electrons. The molecule has 36 heavy (non-hydrogen) atoms. The molecular weight excluding hydrogens is 485 g/mol. The van der Waals surface area contributed by atoms with Crippen molar-refractivity contribution in [2.75, 3.05) is 4.90 Å². The van der Waals surface area contributed by atoms with Gasteiger partial charge in [0.1, 0.15) is 16.7 Å². The van der Waals surface area contributed by atoms with Gasteiger partial charge in [0.05, 0.1) is 10.6 Å². The number of carbonyl (C=O) groups is 2. The Kier molecular flexibility index (Phi) is 7.68. The van der Waals surface area contributed by atoms with Gasteiger partial charge in [-0.25, -0.2) is 4.39 Å². The molecule has 1 aliphatic carbocycles. The summed E-state index contributed by atoms with van der Waals surface area (Å²) < 4.78 is 18.5. The number of carbonyl (C=O) groups excluding carboxylic acids is 2. The maximum Gasteiger partial charge on any atom is 0.272 e. The highest BCUT2D eigenvalue weighted by Crippen LogP contribution is 2.33. The largest absolute Gasteiger partial charge is 0.351 e.